The Bertz CT molecular complexity index is 310. The first kappa shape index (κ1) is 11.4. The fourth-order valence-electron chi connectivity index (χ4n) is 2.73. The molecular weight excluding hydrogens is 204 g/mol. The molecule has 4 nitrogen and oxygen atoms in total. The van der Waals surface area contributed by atoms with E-state index in [2.05, 4.69) is 5.32 Å². The average molecular weight is 224 g/mol. The maximum absolute atomic E-state index is 11.7. The first-order valence-corrected chi connectivity index (χ1v) is 6.21. The van der Waals surface area contributed by atoms with Crippen LogP contribution in [0.2, 0.25) is 0 Å². The molecule has 1 heterocycles. The van der Waals surface area contributed by atoms with Gasteiger partial charge in [-0.2, -0.15) is 0 Å². The third kappa shape index (κ3) is 1.70. The quantitative estimate of drug-likeness (QED) is 0.744. The van der Waals surface area contributed by atoms with Crippen LogP contribution in [0.1, 0.15) is 46.0 Å². The molecule has 0 spiro atoms. The molecule has 1 aliphatic carbocycles. The van der Waals surface area contributed by atoms with Gasteiger partial charge in [-0.15, -0.1) is 0 Å². The lowest BCUT2D eigenvalue weighted by Crippen LogP contribution is -2.48. The average Bonchev–Trinajstić information content (AvgIpc) is 2.83. The summed E-state index contributed by atoms with van der Waals surface area (Å²) in [5.74, 6) is 0.445. The molecule has 1 saturated carbocycles. The smallest absolute Gasteiger partial charge is 0.310 e. The second kappa shape index (κ2) is 4.07. The maximum Gasteiger partial charge on any atom is 0.325 e. The molecule has 0 radical (unpaired) electrons. The summed E-state index contributed by atoms with van der Waals surface area (Å²) in [7, 11) is 0. The monoisotopic (exact) mass is 224 g/mol. The number of carbonyl (C=O) groups excluding carboxylic acids is 2. The predicted octanol–water partition coefficient (Wildman–Crippen LogP) is 1.90. The predicted molar refractivity (Wildman–Crippen MR) is 60.9 cm³/mol. The summed E-state index contributed by atoms with van der Waals surface area (Å²) < 4.78 is 0. The highest BCUT2D eigenvalue weighted by atomic mass is 16.2. The SMILES string of the molecule is CCC1(C)C(=O)NC(=O)N1CC1CCCC1. The molecule has 0 bridgehead atoms. The van der Waals surface area contributed by atoms with E-state index in [9.17, 15) is 9.59 Å². The third-order valence-electron chi connectivity index (χ3n) is 4.15. The molecule has 1 unspecified atom stereocenters. The van der Waals surface area contributed by atoms with E-state index in [0.29, 0.717) is 12.3 Å². The Labute approximate surface area is 96.4 Å². The second-order valence-electron chi connectivity index (χ2n) is 5.15. The van der Waals surface area contributed by atoms with Crippen LogP contribution in [-0.2, 0) is 4.79 Å². The van der Waals surface area contributed by atoms with E-state index in [4.69, 9.17) is 0 Å². The van der Waals surface area contributed by atoms with Crippen molar-refractivity contribution in [2.75, 3.05) is 6.54 Å². The summed E-state index contributed by atoms with van der Waals surface area (Å²) in [6, 6.07) is -0.207. The van der Waals surface area contributed by atoms with Gasteiger partial charge in [0.05, 0.1) is 0 Å². The number of carbonyl (C=O) groups is 2. The lowest BCUT2D eigenvalue weighted by atomic mass is 9.95. The molecule has 1 aliphatic heterocycles. The molecule has 2 aliphatic rings. The van der Waals surface area contributed by atoms with Crippen LogP contribution in [0.4, 0.5) is 4.79 Å². The Hall–Kier alpha value is -1.06. The van der Waals surface area contributed by atoms with Crippen LogP contribution in [0.25, 0.3) is 0 Å². The van der Waals surface area contributed by atoms with Crippen molar-refractivity contribution < 1.29 is 9.59 Å². The van der Waals surface area contributed by atoms with E-state index in [1.165, 1.54) is 25.7 Å². The summed E-state index contributed by atoms with van der Waals surface area (Å²) in [4.78, 5) is 25.2. The van der Waals surface area contributed by atoms with Crippen molar-refractivity contribution in [3.05, 3.63) is 0 Å². The number of hydrogen-bond acceptors (Lipinski definition) is 2. The second-order valence-corrected chi connectivity index (χ2v) is 5.15. The fourth-order valence-corrected chi connectivity index (χ4v) is 2.73. The van der Waals surface area contributed by atoms with E-state index >= 15 is 0 Å². The minimum absolute atomic E-state index is 0.141. The molecule has 1 saturated heterocycles. The minimum atomic E-state index is -0.625. The first-order chi connectivity index (χ1) is 7.58. The molecule has 90 valence electrons. The van der Waals surface area contributed by atoms with E-state index in [-0.39, 0.29) is 11.9 Å². The van der Waals surface area contributed by atoms with Crippen LogP contribution in [0.3, 0.4) is 0 Å². The first-order valence-electron chi connectivity index (χ1n) is 6.21. The van der Waals surface area contributed by atoms with Gasteiger partial charge in [-0.3, -0.25) is 10.1 Å². The zero-order valence-electron chi connectivity index (χ0n) is 10.1. The standard InChI is InChI=1S/C12H20N2O2/c1-3-12(2)10(15)13-11(16)14(12)8-9-6-4-5-7-9/h9H,3-8H2,1-2H3,(H,13,15,16). The van der Waals surface area contributed by atoms with Crippen molar-refractivity contribution >= 4 is 11.9 Å². The van der Waals surface area contributed by atoms with Crippen LogP contribution in [0, 0.1) is 5.92 Å². The van der Waals surface area contributed by atoms with Gasteiger partial charge in [-0.1, -0.05) is 19.8 Å². The number of urea groups is 1. The Morgan fingerprint density at radius 1 is 1.38 bits per heavy atom. The summed E-state index contributed by atoms with van der Waals surface area (Å²) in [6.45, 7) is 4.56. The maximum atomic E-state index is 11.7. The minimum Gasteiger partial charge on any atom is -0.310 e. The highest BCUT2D eigenvalue weighted by Crippen LogP contribution is 2.31. The number of hydrogen-bond donors (Lipinski definition) is 1. The molecule has 2 rings (SSSR count). The van der Waals surface area contributed by atoms with Gasteiger partial charge >= 0.3 is 6.03 Å². The lowest BCUT2D eigenvalue weighted by Gasteiger charge is -2.32. The molecule has 16 heavy (non-hydrogen) atoms. The molecule has 0 aromatic rings. The number of rotatable bonds is 3. The van der Waals surface area contributed by atoms with Gasteiger partial charge < -0.3 is 4.90 Å². The number of nitrogens with zero attached hydrogens (tertiary/aromatic N) is 1. The van der Waals surface area contributed by atoms with Crippen molar-refractivity contribution in [2.24, 2.45) is 5.92 Å². The number of nitrogens with one attached hydrogen (secondary N) is 1. The van der Waals surface area contributed by atoms with Gasteiger partial charge in [-0.05, 0) is 32.1 Å². The van der Waals surface area contributed by atoms with Crippen molar-refractivity contribution in [1.82, 2.24) is 10.2 Å². The van der Waals surface area contributed by atoms with Gasteiger partial charge in [0.15, 0.2) is 0 Å². The molecule has 1 N–H and O–H groups in total. The number of imide groups is 1. The third-order valence-corrected chi connectivity index (χ3v) is 4.15. The Kier molecular flexibility index (Phi) is 2.91. The molecule has 3 amide bonds. The topological polar surface area (TPSA) is 49.4 Å². The van der Waals surface area contributed by atoms with Crippen molar-refractivity contribution in [1.29, 1.82) is 0 Å². The Morgan fingerprint density at radius 2 is 2.00 bits per heavy atom. The molecular formula is C12H20N2O2. The summed E-state index contributed by atoms with van der Waals surface area (Å²) >= 11 is 0. The van der Waals surface area contributed by atoms with Gasteiger partial charge in [0.2, 0.25) is 0 Å². The van der Waals surface area contributed by atoms with Crippen LogP contribution in [-0.4, -0.2) is 28.9 Å². The molecule has 4 heteroatoms. The lowest BCUT2D eigenvalue weighted by molar-refractivity contribution is -0.126. The van der Waals surface area contributed by atoms with Crippen LogP contribution >= 0.6 is 0 Å². The number of amides is 3. The van der Waals surface area contributed by atoms with Crippen molar-refractivity contribution in [3.63, 3.8) is 0 Å². The Balaban J connectivity index is 2.10. The summed E-state index contributed by atoms with van der Waals surface area (Å²) in [5, 5.41) is 2.43. The van der Waals surface area contributed by atoms with Gasteiger partial charge in [0.1, 0.15) is 5.54 Å². The van der Waals surface area contributed by atoms with Gasteiger partial charge in [0.25, 0.3) is 5.91 Å². The van der Waals surface area contributed by atoms with Gasteiger partial charge in [0, 0.05) is 6.54 Å². The van der Waals surface area contributed by atoms with E-state index in [1.807, 2.05) is 13.8 Å². The Morgan fingerprint density at radius 3 is 2.56 bits per heavy atom. The van der Waals surface area contributed by atoms with Crippen LogP contribution in [0.5, 0.6) is 0 Å². The van der Waals surface area contributed by atoms with Crippen LogP contribution in [0.15, 0.2) is 0 Å². The molecule has 1 atom stereocenters. The van der Waals surface area contributed by atoms with Crippen molar-refractivity contribution in [3.8, 4) is 0 Å². The van der Waals surface area contributed by atoms with Gasteiger partial charge in [-0.25, -0.2) is 4.79 Å². The normalized spacial score (nSPS) is 31.2. The summed E-state index contributed by atoms with van der Waals surface area (Å²) in [5.41, 5.74) is -0.625. The zero-order valence-corrected chi connectivity index (χ0v) is 10.1. The van der Waals surface area contributed by atoms with E-state index in [0.717, 1.165) is 6.54 Å². The highest BCUT2D eigenvalue weighted by Gasteiger charge is 2.48. The molecule has 2 fully saturated rings. The largest absolute Gasteiger partial charge is 0.325 e. The fraction of sp³-hybridized carbons (Fsp3) is 0.833. The highest BCUT2D eigenvalue weighted by molar-refractivity contribution is 6.06. The van der Waals surface area contributed by atoms with Crippen LogP contribution < -0.4 is 5.32 Å². The zero-order chi connectivity index (χ0) is 11.8. The van der Waals surface area contributed by atoms with E-state index < -0.39 is 5.54 Å². The molecule has 0 aromatic heterocycles. The molecule has 0 aromatic carbocycles. The van der Waals surface area contributed by atoms with Crippen molar-refractivity contribution in [2.45, 2.75) is 51.5 Å². The van der Waals surface area contributed by atoms with E-state index in [1.54, 1.807) is 4.90 Å². The summed E-state index contributed by atoms with van der Waals surface area (Å²) in [6.07, 6.45) is 5.58.